The third-order valence-corrected chi connectivity index (χ3v) is 2.86. The largest absolute Gasteiger partial charge is 0.348 e. The van der Waals surface area contributed by atoms with Crippen molar-refractivity contribution in [3.05, 3.63) is 42.2 Å². The summed E-state index contributed by atoms with van der Waals surface area (Å²) in [6, 6.07) is 1.75. The first kappa shape index (κ1) is 14.9. The summed E-state index contributed by atoms with van der Waals surface area (Å²) in [5, 5.41) is 2.84. The van der Waals surface area contributed by atoms with Crippen LogP contribution in [0.5, 0.6) is 0 Å². The summed E-state index contributed by atoms with van der Waals surface area (Å²) >= 11 is 0. The van der Waals surface area contributed by atoms with Crippen molar-refractivity contribution >= 4 is 11.8 Å². The van der Waals surface area contributed by atoms with Crippen molar-refractivity contribution in [1.82, 2.24) is 15.2 Å². The molecule has 0 bridgehead atoms. The molecule has 19 heavy (non-hydrogen) atoms. The number of likely N-dealkylation sites (N-methyl/N-ethyl adjacent to an activating group) is 1. The van der Waals surface area contributed by atoms with E-state index in [0.29, 0.717) is 0 Å². The van der Waals surface area contributed by atoms with Gasteiger partial charge in [0.1, 0.15) is 0 Å². The van der Waals surface area contributed by atoms with E-state index in [0.717, 1.165) is 11.1 Å². The Labute approximate surface area is 113 Å². The SMILES string of the molecule is C=CC(=O)N(C)CC(=O)NC(C)c1cnccc1C. The zero-order chi connectivity index (χ0) is 14.4. The second-order valence-electron chi connectivity index (χ2n) is 4.42. The number of rotatable bonds is 5. The number of nitrogens with one attached hydrogen (secondary N) is 1. The van der Waals surface area contributed by atoms with Gasteiger partial charge in [0.05, 0.1) is 12.6 Å². The molecule has 1 heterocycles. The van der Waals surface area contributed by atoms with E-state index in [9.17, 15) is 9.59 Å². The first-order valence-corrected chi connectivity index (χ1v) is 6.03. The van der Waals surface area contributed by atoms with Gasteiger partial charge < -0.3 is 10.2 Å². The normalized spacial score (nSPS) is 11.5. The summed E-state index contributed by atoms with van der Waals surface area (Å²) in [4.78, 5) is 28.4. The highest BCUT2D eigenvalue weighted by molar-refractivity contribution is 5.90. The summed E-state index contributed by atoms with van der Waals surface area (Å²) < 4.78 is 0. The van der Waals surface area contributed by atoms with E-state index in [1.807, 2.05) is 19.9 Å². The molecule has 0 fully saturated rings. The van der Waals surface area contributed by atoms with Crippen LogP contribution in [-0.4, -0.2) is 35.3 Å². The van der Waals surface area contributed by atoms with Gasteiger partial charge in [-0.15, -0.1) is 0 Å². The van der Waals surface area contributed by atoms with Gasteiger partial charge in [0.15, 0.2) is 0 Å². The predicted octanol–water partition coefficient (Wildman–Crippen LogP) is 1.21. The fourth-order valence-electron chi connectivity index (χ4n) is 1.74. The van der Waals surface area contributed by atoms with E-state index in [2.05, 4.69) is 16.9 Å². The Hall–Kier alpha value is -2.17. The standard InChI is InChI=1S/C14H19N3O2/c1-5-14(19)17(4)9-13(18)16-11(3)12-8-15-7-6-10(12)2/h5-8,11H,1,9H2,2-4H3,(H,16,18). The van der Waals surface area contributed by atoms with E-state index in [-0.39, 0.29) is 24.4 Å². The maximum absolute atomic E-state index is 11.8. The third kappa shape index (κ3) is 4.21. The second kappa shape index (κ2) is 6.68. The Balaban J connectivity index is 2.60. The number of pyridine rings is 1. The van der Waals surface area contributed by atoms with Gasteiger partial charge >= 0.3 is 0 Å². The highest BCUT2D eigenvalue weighted by Gasteiger charge is 2.14. The Morgan fingerprint density at radius 1 is 1.58 bits per heavy atom. The monoisotopic (exact) mass is 261 g/mol. The molecule has 5 heteroatoms. The molecule has 1 aromatic heterocycles. The van der Waals surface area contributed by atoms with Crippen molar-refractivity contribution < 1.29 is 9.59 Å². The van der Waals surface area contributed by atoms with Crippen LogP contribution in [0.25, 0.3) is 0 Å². The average Bonchev–Trinajstić information content (AvgIpc) is 2.37. The van der Waals surface area contributed by atoms with Crippen molar-refractivity contribution in [2.24, 2.45) is 0 Å². The van der Waals surface area contributed by atoms with Crippen LogP contribution in [-0.2, 0) is 9.59 Å². The van der Waals surface area contributed by atoms with Crippen molar-refractivity contribution in [3.8, 4) is 0 Å². The number of hydrogen-bond donors (Lipinski definition) is 1. The number of hydrogen-bond acceptors (Lipinski definition) is 3. The fourth-order valence-corrected chi connectivity index (χ4v) is 1.74. The number of amides is 2. The van der Waals surface area contributed by atoms with Gasteiger partial charge in [-0.2, -0.15) is 0 Å². The van der Waals surface area contributed by atoms with Crippen LogP contribution < -0.4 is 5.32 Å². The Morgan fingerprint density at radius 2 is 2.26 bits per heavy atom. The molecule has 0 aromatic carbocycles. The molecule has 1 unspecified atom stereocenters. The van der Waals surface area contributed by atoms with Gasteiger partial charge in [-0.3, -0.25) is 14.6 Å². The highest BCUT2D eigenvalue weighted by atomic mass is 16.2. The van der Waals surface area contributed by atoms with Crippen LogP contribution in [0.1, 0.15) is 24.1 Å². The molecule has 1 atom stereocenters. The van der Waals surface area contributed by atoms with Gasteiger partial charge in [-0.1, -0.05) is 6.58 Å². The predicted molar refractivity (Wildman–Crippen MR) is 73.4 cm³/mol. The maximum Gasteiger partial charge on any atom is 0.246 e. The molecular formula is C14H19N3O2. The zero-order valence-corrected chi connectivity index (χ0v) is 11.5. The van der Waals surface area contributed by atoms with Crippen LogP contribution in [0.15, 0.2) is 31.1 Å². The lowest BCUT2D eigenvalue weighted by Gasteiger charge is -2.19. The molecule has 1 N–H and O–H groups in total. The van der Waals surface area contributed by atoms with Gasteiger partial charge in [0, 0.05) is 19.4 Å². The molecule has 0 aliphatic carbocycles. The Bertz CT molecular complexity index is 485. The molecule has 2 amide bonds. The summed E-state index contributed by atoms with van der Waals surface area (Å²) in [7, 11) is 1.56. The lowest BCUT2D eigenvalue weighted by molar-refractivity contribution is -0.131. The van der Waals surface area contributed by atoms with Gasteiger partial charge in [0.2, 0.25) is 11.8 Å². The highest BCUT2D eigenvalue weighted by Crippen LogP contribution is 2.15. The molecule has 0 spiro atoms. The van der Waals surface area contributed by atoms with Crippen molar-refractivity contribution in [3.63, 3.8) is 0 Å². The summed E-state index contributed by atoms with van der Waals surface area (Å²) in [6.45, 7) is 7.24. The molecule has 0 aliphatic rings. The van der Waals surface area contributed by atoms with Crippen LogP contribution in [0.3, 0.4) is 0 Å². The quantitative estimate of drug-likeness (QED) is 0.810. The Kier molecular flexibility index (Phi) is 5.23. The van der Waals surface area contributed by atoms with Crippen LogP contribution >= 0.6 is 0 Å². The third-order valence-electron chi connectivity index (χ3n) is 2.86. The molecular weight excluding hydrogens is 242 g/mol. The average molecular weight is 261 g/mol. The van der Waals surface area contributed by atoms with Crippen molar-refractivity contribution in [1.29, 1.82) is 0 Å². The minimum absolute atomic E-state index is 0.00844. The zero-order valence-electron chi connectivity index (χ0n) is 11.5. The van der Waals surface area contributed by atoms with Crippen LogP contribution in [0.2, 0.25) is 0 Å². The molecule has 5 nitrogen and oxygen atoms in total. The minimum atomic E-state index is -0.277. The molecule has 0 saturated carbocycles. The van der Waals surface area contributed by atoms with Crippen molar-refractivity contribution in [2.45, 2.75) is 19.9 Å². The first-order valence-electron chi connectivity index (χ1n) is 6.03. The number of carbonyl (C=O) groups is 2. The molecule has 1 rings (SSSR count). The van der Waals surface area contributed by atoms with Crippen LogP contribution in [0, 0.1) is 6.92 Å². The smallest absolute Gasteiger partial charge is 0.246 e. The molecule has 1 aromatic rings. The van der Waals surface area contributed by atoms with Gasteiger partial charge in [0.25, 0.3) is 0 Å². The number of aromatic nitrogens is 1. The van der Waals surface area contributed by atoms with Gasteiger partial charge in [-0.25, -0.2) is 0 Å². The summed E-state index contributed by atoms with van der Waals surface area (Å²) in [6.07, 6.45) is 4.63. The lowest BCUT2D eigenvalue weighted by Crippen LogP contribution is -2.38. The molecule has 0 aliphatic heterocycles. The molecule has 0 saturated heterocycles. The number of nitrogens with zero attached hydrogens (tertiary/aromatic N) is 2. The van der Waals surface area contributed by atoms with Gasteiger partial charge in [-0.05, 0) is 37.1 Å². The Morgan fingerprint density at radius 3 is 2.84 bits per heavy atom. The van der Waals surface area contributed by atoms with E-state index in [1.165, 1.54) is 11.0 Å². The summed E-state index contributed by atoms with van der Waals surface area (Å²) in [5.74, 6) is -0.492. The summed E-state index contributed by atoms with van der Waals surface area (Å²) in [5.41, 5.74) is 2.03. The van der Waals surface area contributed by atoms with Crippen molar-refractivity contribution in [2.75, 3.05) is 13.6 Å². The topological polar surface area (TPSA) is 62.3 Å². The van der Waals surface area contributed by atoms with Crippen LogP contribution in [0.4, 0.5) is 0 Å². The second-order valence-corrected chi connectivity index (χ2v) is 4.42. The van der Waals surface area contributed by atoms with E-state index in [4.69, 9.17) is 0 Å². The molecule has 0 radical (unpaired) electrons. The van der Waals surface area contributed by atoms with E-state index in [1.54, 1.807) is 19.4 Å². The molecule has 102 valence electrons. The van der Waals surface area contributed by atoms with E-state index < -0.39 is 0 Å². The minimum Gasteiger partial charge on any atom is -0.348 e. The number of aryl methyl sites for hydroxylation is 1. The fraction of sp³-hybridized carbons (Fsp3) is 0.357. The lowest BCUT2D eigenvalue weighted by atomic mass is 10.1. The number of carbonyl (C=O) groups excluding carboxylic acids is 2. The first-order chi connectivity index (χ1) is 8.95. The van der Waals surface area contributed by atoms with E-state index >= 15 is 0 Å². The maximum atomic E-state index is 11.8.